The zero-order chi connectivity index (χ0) is 20.1. The molecule has 3 aromatic rings. The summed E-state index contributed by atoms with van der Waals surface area (Å²) in [5.74, 6) is 0.905. The number of nitrogens with one attached hydrogen (secondary N) is 2. The number of para-hydroxylation sites is 1. The van der Waals surface area contributed by atoms with E-state index in [9.17, 15) is 4.39 Å². The zero-order valence-corrected chi connectivity index (χ0v) is 16.5. The second-order valence-corrected chi connectivity index (χ2v) is 7.07. The molecule has 3 heterocycles. The minimum absolute atomic E-state index is 0.184. The van der Waals surface area contributed by atoms with Crippen LogP contribution in [0.4, 0.5) is 10.2 Å². The first kappa shape index (κ1) is 19.1. The summed E-state index contributed by atoms with van der Waals surface area (Å²) in [6.45, 7) is 4.83. The Morgan fingerprint density at radius 1 is 1.17 bits per heavy atom. The van der Waals surface area contributed by atoms with Gasteiger partial charge in [-0.1, -0.05) is 18.2 Å². The van der Waals surface area contributed by atoms with Crippen LogP contribution in [0.15, 0.2) is 59.9 Å². The van der Waals surface area contributed by atoms with Gasteiger partial charge in [0.25, 0.3) is 0 Å². The van der Waals surface area contributed by atoms with Crippen molar-refractivity contribution in [2.24, 2.45) is 4.99 Å². The average Bonchev–Trinajstić information content (AvgIpc) is 3.20. The Hall–Kier alpha value is -3.22. The van der Waals surface area contributed by atoms with E-state index in [1.165, 1.54) is 6.07 Å². The number of fused-ring (bicyclic) bond motifs is 1. The van der Waals surface area contributed by atoms with Gasteiger partial charge in [0.05, 0.1) is 12.1 Å². The summed E-state index contributed by atoms with van der Waals surface area (Å²) >= 11 is 0. The van der Waals surface area contributed by atoms with Gasteiger partial charge >= 0.3 is 0 Å². The van der Waals surface area contributed by atoms with Gasteiger partial charge in [0.15, 0.2) is 17.6 Å². The van der Waals surface area contributed by atoms with Crippen molar-refractivity contribution in [3.63, 3.8) is 0 Å². The third kappa shape index (κ3) is 4.45. The molecule has 2 N–H and O–H groups in total. The van der Waals surface area contributed by atoms with Gasteiger partial charge in [0.1, 0.15) is 0 Å². The van der Waals surface area contributed by atoms with Gasteiger partial charge in [-0.15, -0.1) is 0 Å². The number of aliphatic imine (C=N–C) groups is 1. The Kier molecular flexibility index (Phi) is 5.84. The normalized spacial score (nSPS) is 17.0. The fourth-order valence-electron chi connectivity index (χ4n) is 3.65. The van der Waals surface area contributed by atoms with Crippen molar-refractivity contribution in [2.75, 3.05) is 24.5 Å². The Morgan fingerprint density at radius 2 is 2.07 bits per heavy atom. The van der Waals surface area contributed by atoms with Crippen LogP contribution in [0.25, 0.3) is 10.9 Å². The van der Waals surface area contributed by atoms with Crippen LogP contribution in [0.3, 0.4) is 0 Å². The van der Waals surface area contributed by atoms with Crippen LogP contribution in [0.2, 0.25) is 0 Å². The highest BCUT2D eigenvalue weighted by Gasteiger charge is 2.25. The number of anilines is 1. The van der Waals surface area contributed by atoms with E-state index < -0.39 is 0 Å². The van der Waals surface area contributed by atoms with Crippen LogP contribution >= 0.6 is 0 Å². The molecule has 1 aromatic carbocycles. The van der Waals surface area contributed by atoms with Crippen molar-refractivity contribution in [1.29, 1.82) is 0 Å². The summed E-state index contributed by atoms with van der Waals surface area (Å²) in [7, 11) is 0. The van der Waals surface area contributed by atoms with Gasteiger partial charge in [-0.2, -0.15) is 0 Å². The summed E-state index contributed by atoms with van der Waals surface area (Å²) < 4.78 is 14.0. The van der Waals surface area contributed by atoms with Crippen LogP contribution in [-0.4, -0.2) is 41.6 Å². The van der Waals surface area contributed by atoms with E-state index in [0.29, 0.717) is 18.9 Å². The first-order valence-corrected chi connectivity index (χ1v) is 9.97. The standard InChI is InChI=1S/C22H25FN6/c1-2-24-22(27-14-16-9-12-25-20-8-4-3-6-18(16)20)28-17-10-13-29(15-17)21-19(23)7-5-11-26-21/h3-9,11-12,17H,2,10,13-15H2,1H3,(H2,24,27,28). The largest absolute Gasteiger partial charge is 0.357 e. The third-order valence-electron chi connectivity index (χ3n) is 5.06. The maximum atomic E-state index is 14.0. The summed E-state index contributed by atoms with van der Waals surface area (Å²) in [4.78, 5) is 15.3. The predicted molar refractivity (Wildman–Crippen MR) is 115 cm³/mol. The lowest BCUT2D eigenvalue weighted by Gasteiger charge is -2.20. The monoisotopic (exact) mass is 392 g/mol. The van der Waals surface area contributed by atoms with Crippen molar-refractivity contribution in [3.8, 4) is 0 Å². The molecule has 6 nitrogen and oxygen atoms in total. The molecule has 0 aliphatic carbocycles. The molecule has 0 bridgehead atoms. The minimum Gasteiger partial charge on any atom is -0.357 e. The number of nitrogens with zero attached hydrogens (tertiary/aromatic N) is 4. The fraction of sp³-hybridized carbons (Fsp3) is 0.318. The number of benzene rings is 1. The van der Waals surface area contributed by atoms with Crippen LogP contribution < -0.4 is 15.5 Å². The fourth-order valence-corrected chi connectivity index (χ4v) is 3.65. The summed E-state index contributed by atoms with van der Waals surface area (Å²) in [6, 6.07) is 13.4. The molecule has 4 rings (SSSR count). The molecule has 1 aliphatic rings. The van der Waals surface area contributed by atoms with Gasteiger partial charge in [0, 0.05) is 43.5 Å². The summed E-state index contributed by atoms with van der Waals surface area (Å²) in [5.41, 5.74) is 2.11. The van der Waals surface area contributed by atoms with Gasteiger partial charge in [-0.25, -0.2) is 14.4 Å². The highest BCUT2D eigenvalue weighted by atomic mass is 19.1. The van der Waals surface area contributed by atoms with Crippen molar-refractivity contribution >= 4 is 22.7 Å². The lowest BCUT2D eigenvalue weighted by Crippen LogP contribution is -2.44. The smallest absolute Gasteiger partial charge is 0.191 e. The molecule has 0 spiro atoms. The second kappa shape index (κ2) is 8.86. The first-order valence-electron chi connectivity index (χ1n) is 9.97. The number of pyridine rings is 2. The molecular formula is C22H25FN6. The number of hydrogen-bond acceptors (Lipinski definition) is 4. The van der Waals surface area contributed by atoms with E-state index in [1.54, 1.807) is 12.3 Å². The number of halogens is 1. The third-order valence-corrected chi connectivity index (χ3v) is 5.06. The van der Waals surface area contributed by atoms with Crippen LogP contribution in [0, 0.1) is 5.82 Å². The second-order valence-electron chi connectivity index (χ2n) is 7.07. The van der Waals surface area contributed by atoms with Gasteiger partial charge < -0.3 is 15.5 Å². The quantitative estimate of drug-likeness (QED) is 0.516. The minimum atomic E-state index is -0.279. The van der Waals surface area contributed by atoms with Gasteiger partial charge in [-0.3, -0.25) is 4.98 Å². The molecule has 1 fully saturated rings. The molecule has 1 unspecified atom stereocenters. The number of aromatic nitrogens is 2. The van der Waals surface area contributed by atoms with E-state index >= 15 is 0 Å². The molecule has 29 heavy (non-hydrogen) atoms. The molecule has 7 heteroatoms. The van der Waals surface area contributed by atoms with E-state index in [4.69, 9.17) is 4.99 Å². The molecule has 0 saturated carbocycles. The first-order chi connectivity index (χ1) is 14.2. The number of rotatable bonds is 5. The molecular weight excluding hydrogens is 367 g/mol. The summed E-state index contributed by atoms with van der Waals surface area (Å²) in [5, 5.41) is 7.91. The Labute approximate surface area is 169 Å². The molecule has 0 amide bonds. The Morgan fingerprint density at radius 3 is 2.93 bits per heavy atom. The van der Waals surface area contributed by atoms with E-state index in [1.807, 2.05) is 42.3 Å². The molecule has 1 saturated heterocycles. The highest BCUT2D eigenvalue weighted by Crippen LogP contribution is 2.21. The van der Waals surface area contributed by atoms with E-state index in [-0.39, 0.29) is 11.9 Å². The van der Waals surface area contributed by atoms with E-state index in [2.05, 4.69) is 26.7 Å². The topological polar surface area (TPSA) is 65.4 Å². The van der Waals surface area contributed by atoms with Crippen molar-refractivity contribution in [3.05, 3.63) is 66.2 Å². The van der Waals surface area contributed by atoms with Crippen LogP contribution in [0.5, 0.6) is 0 Å². The average molecular weight is 392 g/mol. The van der Waals surface area contributed by atoms with E-state index in [0.717, 1.165) is 41.9 Å². The maximum absolute atomic E-state index is 14.0. The van der Waals surface area contributed by atoms with Gasteiger partial charge in [0.2, 0.25) is 0 Å². The molecule has 1 atom stereocenters. The molecule has 1 aliphatic heterocycles. The van der Waals surface area contributed by atoms with Crippen LogP contribution in [-0.2, 0) is 6.54 Å². The number of hydrogen-bond donors (Lipinski definition) is 2. The molecule has 2 aromatic heterocycles. The summed E-state index contributed by atoms with van der Waals surface area (Å²) in [6.07, 6.45) is 4.35. The van der Waals surface area contributed by atoms with Crippen molar-refractivity contribution in [1.82, 2.24) is 20.6 Å². The Bertz CT molecular complexity index is 1000. The number of guanidine groups is 1. The zero-order valence-electron chi connectivity index (χ0n) is 16.5. The molecule has 0 radical (unpaired) electrons. The SMILES string of the molecule is CCNC(=NCc1ccnc2ccccc12)NC1CCN(c2ncccc2F)C1. The lowest BCUT2D eigenvalue weighted by atomic mass is 10.1. The molecule has 150 valence electrons. The van der Waals surface area contributed by atoms with Crippen LogP contribution in [0.1, 0.15) is 18.9 Å². The Balaban J connectivity index is 1.45. The highest BCUT2D eigenvalue weighted by molar-refractivity contribution is 5.83. The van der Waals surface area contributed by atoms with Crippen molar-refractivity contribution < 1.29 is 4.39 Å². The maximum Gasteiger partial charge on any atom is 0.191 e. The van der Waals surface area contributed by atoms with Gasteiger partial charge in [-0.05, 0) is 43.2 Å². The van der Waals surface area contributed by atoms with Crippen molar-refractivity contribution in [2.45, 2.75) is 25.9 Å². The predicted octanol–water partition coefficient (Wildman–Crippen LogP) is 3.10. The lowest BCUT2D eigenvalue weighted by molar-refractivity contribution is 0.612.